The number of ketones is 1. The topological polar surface area (TPSA) is 43.1 Å². The SMILES string of the molecule is CC(=O)C(CCC(N)=S)c1ccc(-c2ccccc2)cc1. The highest BCUT2D eigenvalue weighted by atomic mass is 32.1. The molecule has 21 heavy (non-hydrogen) atoms. The normalized spacial score (nSPS) is 11.9. The second-order valence-electron chi connectivity index (χ2n) is 5.16. The van der Waals surface area contributed by atoms with Crippen LogP contribution in [0, 0.1) is 0 Å². The average molecular weight is 297 g/mol. The monoisotopic (exact) mass is 297 g/mol. The van der Waals surface area contributed by atoms with Crippen LogP contribution in [-0.2, 0) is 4.79 Å². The Labute approximate surface area is 131 Å². The molecule has 0 aliphatic heterocycles. The average Bonchev–Trinajstić information content (AvgIpc) is 2.48. The number of carbonyl (C=O) groups excluding carboxylic acids is 1. The second-order valence-corrected chi connectivity index (χ2v) is 5.68. The number of benzene rings is 2. The predicted octanol–water partition coefficient (Wildman–Crippen LogP) is 4.09. The summed E-state index contributed by atoms with van der Waals surface area (Å²) in [4.78, 5) is 12.3. The largest absolute Gasteiger partial charge is 0.393 e. The molecule has 0 radical (unpaired) electrons. The molecule has 0 heterocycles. The Morgan fingerprint density at radius 2 is 1.62 bits per heavy atom. The van der Waals surface area contributed by atoms with Crippen molar-refractivity contribution < 1.29 is 4.79 Å². The number of rotatable bonds is 6. The summed E-state index contributed by atoms with van der Waals surface area (Å²) >= 11 is 4.90. The van der Waals surface area contributed by atoms with Gasteiger partial charge in [-0.1, -0.05) is 66.8 Å². The lowest BCUT2D eigenvalue weighted by Crippen LogP contribution is -2.14. The quantitative estimate of drug-likeness (QED) is 0.817. The first kappa shape index (κ1) is 15.4. The van der Waals surface area contributed by atoms with E-state index in [1.807, 2.05) is 30.3 Å². The molecule has 1 unspecified atom stereocenters. The van der Waals surface area contributed by atoms with Gasteiger partial charge in [0, 0.05) is 5.92 Å². The van der Waals surface area contributed by atoms with Crippen LogP contribution in [0.25, 0.3) is 11.1 Å². The molecule has 2 aromatic rings. The molecule has 0 saturated heterocycles. The maximum absolute atomic E-state index is 11.8. The van der Waals surface area contributed by atoms with E-state index >= 15 is 0 Å². The van der Waals surface area contributed by atoms with E-state index in [9.17, 15) is 4.79 Å². The van der Waals surface area contributed by atoms with Crippen molar-refractivity contribution >= 4 is 23.0 Å². The maximum Gasteiger partial charge on any atom is 0.137 e. The highest BCUT2D eigenvalue weighted by Gasteiger charge is 2.16. The van der Waals surface area contributed by atoms with Crippen LogP contribution in [0.1, 0.15) is 31.2 Å². The molecule has 0 aliphatic rings. The van der Waals surface area contributed by atoms with Crippen molar-refractivity contribution in [2.75, 3.05) is 0 Å². The Morgan fingerprint density at radius 1 is 1.05 bits per heavy atom. The number of carbonyl (C=O) groups is 1. The van der Waals surface area contributed by atoms with Crippen molar-refractivity contribution in [1.29, 1.82) is 0 Å². The summed E-state index contributed by atoms with van der Waals surface area (Å²) in [7, 11) is 0. The third-order valence-electron chi connectivity index (χ3n) is 3.59. The van der Waals surface area contributed by atoms with E-state index in [0.717, 1.165) is 11.1 Å². The molecule has 108 valence electrons. The minimum Gasteiger partial charge on any atom is -0.393 e. The van der Waals surface area contributed by atoms with Gasteiger partial charge in [0.2, 0.25) is 0 Å². The first-order valence-electron chi connectivity index (χ1n) is 7.02. The number of thiocarbonyl (C=S) groups is 1. The molecular weight excluding hydrogens is 278 g/mol. The fraction of sp³-hybridized carbons (Fsp3) is 0.222. The van der Waals surface area contributed by atoms with Crippen LogP contribution in [0.3, 0.4) is 0 Å². The van der Waals surface area contributed by atoms with E-state index in [2.05, 4.69) is 24.3 Å². The third-order valence-corrected chi connectivity index (χ3v) is 3.79. The smallest absolute Gasteiger partial charge is 0.137 e. The Bertz CT molecular complexity index is 619. The number of hydrogen-bond donors (Lipinski definition) is 1. The van der Waals surface area contributed by atoms with Crippen LogP contribution in [0.15, 0.2) is 54.6 Å². The highest BCUT2D eigenvalue weighted by molar-refractivity contribution is 7.80. The van der Waals surface area contributed by atoms with Crippen molar-refractivity contribution in [2.45, 2.75) is 25.7 Å². The first-order chi connectivity index (χ1) is 10.1. The predicted molar refractivity (Wildman–Crippen MR) is 91.3 cm³/mol. The Hall–Kier alpha value is -2.00. The molecule has 0 aromatic heterocycles. The van der Waals surface area contributed by atoms with Gasteiger partial charge < -0.3 is 5.73 Å². The molecule has 2 rings (SSSR count). The molecule has 0 bridgehead atoms. The van der Waals surface area contributed by atoms with Crippen LogP contribution in [0.2, 0.25) is 0 Å². The molecule has 0 amide bonds. The van der Waals surface area contributed by atoms with E-state index in [0.29, 0.717) is 17.8 Å². The van der Waals surface area contributed by atoms with Gasteiger partial charge in [0.25, 0.3) is 0 Å². The van der Waals surface area contributed by atoms with Gasteiger partial charge in [0.05, 0.1) is 4.99 Å². The van der Waals surface area contributed by atoms with E-state index in [4.69, 9.17) is 18.0 Å². The van der Waals surface area contributed by atoms with Gasteiger partial charge in [0.1, 0.15) is 5.78 Å². The van der Waals surface area contributed by atoms with Gasteiger partial charge in [-0.25, -0.2) is 0 Å². The molecule has 1 atom stereocenters. The number of Topliss-reactive ketones (excluding diaryl/α,β-unsaturated/α-hetero) is 1. The summed E-state index contributed by atoms with van der Waals surface area (Å²) < 4.78 is 0. The van der Waals surface area contributed by atoms with Crippen molar-refractivity contribution in [1.82, 2.24) is 0 Å². The molecule has 0 aliphatic carbocycles. The summed E-state index contributed by atoms with van der Waals surface area (Å²) in [5.74, 6) is 0.0232. The minimum atomic E-state index is -0.128. The van der Waals surface area contributed by atoms with Gasteiger partial charge in [-0.05, 0) is 36.5 Å². The van der Waals surface area contributed by atoms with E-state index in [1.54, 1.807) is 6.92 Å². The van der Waals surface area contributed by atoms with Gasteiger partial charge >= 0.3 is 0 Å². The lowest BCUT2D eigenvalue weighted by atomic mass is 9.90. The molecule has 0 spiro atoms. The van der Waals surface area contributed by atoms with E-state index in [-0.39, 0.29) is 11.7 Å². The minimum absolute atomic E-state index is 0.128. The summed E-state index contributed by atoms with van der Waals surface area (Å²) in [6, 6.07) is 18.3. The van der Waals surface area contributed by atoms with Crippen LogP contribution in [-0.4, -0.2) is 10.8 Å². The third kappa shape index (κ3) is 4.23. The lowest BCUT2D eigenvalue weighted by molar-refractivity contribution is -0.118. The summed E-state index contributed by atoms with van der Waals surface area (Å²) in [5.41, 5.74) is 8.89. The van der Waals surface area contributed by atoms with Crippen molar-refractivity contribution in [3.05, 3.63) is 60.2 Å². The number of nitrogens with two attached hydrogens (primary N) is 1. The standard InChI is InChI=1S/C18H19NOS/c1-13(20)17(11-12-18(19)21)16-9-7-15(8-10-16)14-5-3-2-4-6-14/h2-10,17H,11-12H2,1H3,(H2,19,21). The zero-order chi connectivity index (χ0) is 15.2. The van der Waals surface area contributed by atoms with Gasteiger partial charge in [-0.15, -0.1) is 0 Å². The molecule has 0 saturated carbocycles. The van der Waals surface area contributed by atoms with Crippen molar-refractivity contribution in [3.8, 4) is 11.1 Å². The van der Waals surface area contributed by atoms with Crippen LogP contribution >= 0.6 is 12.2 Å². The Kier molecular flexibility index (Phi) is 5.23. The van der Waals surface area contributed by atoms with Crippen LogP contribution < -0.4 is 5.73 Å². The van der Waals surface area contributed by atoms with Gasteiger partial charge in [-0.3, -0.25) is 4.79 Å². The first-order valence-corrected chi connectivity index (χ1v) is 7.43. The summed E-state index contributed by atoms with van der Waals surface area (Å²) in [6.07, 6.45) is 1.27. The Balaban J connectivity index is 2.19. The fourth-order valence-corrected chi connectivity index (χ4v) is 2.55. The van der Waals surface area contributed by atoms with Gasteiger partial charge in [-0.2, -0.15) is 0 Å². The van der Waals surface area contributed by atoms with E-state index < -0.39 is 0 Å². The Morgan fingerprint density at radius 3 is 2.14 bits per heavy atom. The molecule has 3 heteroatoms. The molecule has 0 fully saturated rings. The zero-order valence-electron chi connectivity index (χ0n) is 12.1. The fourth-order valence-electron chi connectivity index (χ4n) is 2.43. The lowest BCUT2D eigenvalue weighted by Gasteiger charge is -2.14. The molecule has 2 nitrogen and oxygen atoms in total. The summed E-state index contributed by atoms with van der Waals surface area (Å²) in [6.45, 7) is 1.62. The summed E-state index contributed by atoms with van der Waals surface area (Å²) in [5, 5.41) is 0. The van der Waals surface area contributed by atoms with Gasteiger partial charge in [0.15, 0.2) is 0 Å². The molecular formula is C18H19NOS. The molecule has 2 N–H and O–H groups in total. The highest BCUT2D eigenvalue weighted by Crippen LogP contribution is 2.26. The van der Waals surface area contributed by atoms with Crippen LogP contribution in [0.4, 0.5) is 0 Å². The van der Waals surface area contributed by atoms with Crippen LogP contribution in [0.5, 0.6) is 0 Å². The van der Waals surface area contributed by atoms with Crippen molar-refractivity contribution in [2.24, 2.45) is 5.73 Å². The maximum atomic E-state index is 11.8. The molecule has 2 aromatic carbocycles. The van der Waals surface area contributed by atoms with E-state index in [1.165, 1.54) is 5.56 Å². The zero-order valence-corrected chi connectivity index (χ0v) is 12.9. The second kappa shape index (κ2) is 7.14. The van der Waals surface area contributed by atoms with Crippen molar-refractivity contribution in [3.63, 3.8) is 0 Å². The number of hydrogen-bond acceptors (Lipinski definition) is 2.